The average Bonchev–Trinajstić information content (AvgIpc) is 3.39. The van der Waals surface area contributed by atoms with E-state index in [1.165, 1.54) is 25.7 Å². The molecule has 0 heterocycles. The highest BCUT2D eigenvalue weighted by atomic mass is 16.4. The van der Waals surface area contributed by atoms with Crippen molar-refractivity contribution in [1.82, 2.24) is 0 Å². The number of rotatable bonds is 3. The lowest BCUT2D eigenvalue weighted by Crippen LogP contribution is -2.58. The van der Waals surface area contributed by atoms with Crippen LogP contribution in [0.4, 0.5) is 0 Å². The first kappa shape index (κ1) is 20.3. The van der Waals surface area contributed by atoms with Crippen LogP contribution in [0.15, 0.2) is 0 Å². The molecule has 5 aliphatic rings. The van der Waals surface area contributed by atoms with E-state index in [1.54, 1.807) is 0 Å². The van der Waals surface area contributed by atoms with Gasteiger partial charge in [-0.05, 0) is 110 Å². The van der Waals surface area contributed by atoms with Crippen LogP contribution in [0.25, 0.3) is 0 Å². The molecule has 0 bridgehead atoms. The van der Waals surface area contributed by atoms with E-state index in [2.05, 4.69) is 20.8 Å². The van der Waals surface area contributed by atoms with Crippen molar-refractivity contribution in [3.05, 3.63) is 0 Å². The largest absolute Gasteiger partial charge is 0.481 e. The zero-order chi connectivity index (χ0) is 20.7. The normalized spacial score (nSPS) is 57.3. The van der Waals surface area contributed by atoms with Crippen molar-refractivity contribution in [2.45, 2.75) is 90.8 Å². The van der Waals surface area contributed by atoms with Crippen LogP contribution >= 0.6 is 0 Å². The highest BCUT2D eigenvalue weighted by Gasteiger charge is 2.64. The van der Waals surface area contributed by atoms with Crippen molar-refractivity contribution in [2.75, 3.05) is 0 Å². The highest BCUT2D eigenvalue weighted by Crippen LogP contribution is 2.69. The monoisotopic (exact) mass is 404 g/mol. The average molecular weight is 405 g/mol. The number of carbonyl (C=O) groups is 1. The molecule has 0 aromatic heterocycles. The predicted molar refractivity (Wildman–Crippen MR) is 111 cm³/mol. The molecular weight excluding hydrogens is 364 g/mol. The standard InChI is InChI=1S/C25H40O4/c1-13(16-12-17(16)23(28)29)18-4-5-19-22-20(7-9-25(18,19)3)24(2)8-6-15(26)10-14(24)11-21(22)27/h13-22,26-27H,4-12H2,1-3H3,(H,28,29)/t13-,14?,15-,16+,17+,18?,19?,20?,21-,22?,24+,25-/m1/s1. The molecule has 5 unspecified atom stereocenters. The Kier molecular flexibility index (Phi) is 4.68. The van der Waals surface area contributed by atoms with Gasteiger partial charge in [-0.1, -0.05) is 20.8 Å². The highest BCUT2D eigenvalue weighted by molar-refractivity contribution is 5.73. The molecule has 4 nitrogen and oxygen atoms in total. The van der Waals surface area contributed by atoms with Crippen LogP contribution in [-0.2, 0) is 4.79 Å². The molecule has 0 radical (unpaired) electrons. The fourth-order valence-corrected chi connectivity index (χ4v) is 9.48. The van der Waals surface area contributed by atoms with Gasteiger partial charge in [0.2, 0.25) is 0 Å². The van der Waals surface area contributed by atoms with Gasteiger partial charge in [-0.25, -0.2) is 0 Å². The van der Waals surface area contributed by atoms with Gasteiger partial charge in [0.15, 0.2) is 0 Å². The van der Waals surface area contributed by atoms with E-state index >= 15 is 0 Å². The summed E-state index contributed by atoms with van der Waals surface area (Å²) in [5.41, 5.74) is 0.531. The van der Waals surface area contributed by atoms with E-state index in [9.17, 15) is 20.1 Å². The zero-order valence-corrected chi connectivity index (χ0v) is 18.4. The lowest BCUT2D eigenvalue weighted by Gasteiger charge is -2.62. The van der Waals surface area contributed by atoms with Crippen molar-refractivity contribution < 1.29 is 20.1 Å². The summed E-state index contributed by atoms with van der Waals surface area (Å²) < 4.78 is 0. The third-order valence-electron chi connectivity index (χ3n) is 11.2. The Morgan fingerprint density at radius 3 is 2.31 bits per heavy atom. The number of aliphatic carboxylic acids is 1. The van der Waals surface area contributed by atoms with Crippen LogP contribution in [0.2, 0.25) is 0 Å². The zero-order valence-electron chi connectivity index (χ0n) is 18.4. The minimum Gasteiger partial charge on any atom is -0.481 e. The van der Waals surface area contributed by atoms with Gasteiger partial charge in [0.05, 0.1) is 18.1 Å². The van der Waals surface area contributed by atoms with Gasteiger partial charge < -0.3 is 15.3 Å². The van der Waals surface area contributed by atoms with Crippen LogP contribution in [-0.4, -0.2) is 33.5 Å². The van der Waals surface area contributed by atoms with Gasteiger partial charge in [-0.15, -0.1) is 0 Å². The summed E-state index contributed by atoms with van der Waals surface area (Å²) in [7, 11) is 0. The summed E-state index contributed by atoms with van der Waals surface area (Å²) in [6.45, 7) is 7.26. The summed E-state index contributed by atoms with van der Waals surface area (Å²) in [4.78, 5) is 11.4. The maximum Gasteiger partial charge on any atom is 0.306 e. The molecule has 0 saturated heterocycles. The third kappa shape index (κ3) is 2.87. The fourth-order valence-electron chi connectivity index (χ4n) is 9.48. The molecule has 0 aromatic carbocycles. The quantitative estimate of drug-likeness (QED) is 0.654. The van der Waals surface area contributed by atoms with Gasteiger partial charge >= 0.3 is 5.97 Å². The molecule has 3 N–H and O–H groups in total. The minimum absolute atomic E-state index is 0.113. The van der Waals surface area contributed by atoms with Crippen molar-refractivity contribution in [3.63, 3.8) is 0 Å². The summed E-state index contributed by atoms with van der Waals surface area (Å²) in [5.74, 6) is 2.76. The minimum atomic E-state index is -0.605. The summed E-state index contributed by atoms with van der Waals surface area (Å²) >= 11 is 0. The number of aliphatic hydroxyl groups excluding tert-OH is 2. The SMILES string of the molecule is C[C@@H](C1CCC2C3C(CC[C@@]21C)[C@@]1(C)CC[C@@H](O)CC1C[C@H]3O)[C@@H]1C[C@@H]1C(=O)O. The number of aliphatic hydroxyl groups is 2. The van der Waals surface area contributed by atoms with Crippen molar-refractivity contribution >= 4 is 5.97 Å². The summed E-state index contributed by atoms with van der Waals surface area (Å²) in [6, 6.07) is 0. The van der Waals surface area contributed by atoms with Crippen LogP contribution in [0.1, 0.15) is 78.6 Å². The molecule has 0 amide bonds. The molecule has 5 rings (SSSR count). The van der Waals surface area contributed by atoms with Crippen LogP contribution in [0, 0.1) is 58.2 Å². The molecule has 5 saturated carbocycles. The first-order valence-electron chi connectivity index (χ1n) is 12.3. The Morgan fingerprint density at radius 2 is 1.62 bits per heavy atom. The molecule has 164 valence electrons. The molecule has 5 aliphatic carbocycles. The maximum absolute atomic E-state index is 11.4. The molecular formula is C25H40O4. The molecule has 4 heteroatoms. The van der Waals surface area contributed by atoms with E-state index < -0.39 is 5.97 Å². The van der Waals surface area contributed by atoms with Crippen molar-refractivity contribution in [3.8, 4) is 0 Å². The second-order valence-electron chi connectivity index (χ2n) is 12.2. The van der Waals surface area contributed by atoms with Gasteiger partial charge in [0, 0.05) is 0 Å². The van der Waals surface area contributed by atoms with Gasteiger partial charge in [-0.2, -0.15) is 0 Å². The van der Waals surface area contributed by atoms with Gasteiger partial charge in [0.1, 0.15) is 0 Å². The number of fused-ring (bicyclic) bond motifs is 5. The van der Waals surface area contributed by atoms with E-state index in [-0.39, 0.29) is 29.0 Å². The van der Waals surface area contributed by atoms with E-state index in [0.717, 1.165) is 32.1 Å². The van der Waals surface area contributed by atoms with Crippen LogP contribution < -0.4 is 0 Å². The van der Waals surface area contributed by atoms with E-state index in [0.29, 0.717) is 41.4 Å². The topological polar surface area (TPSA) is 77.8 Å². The smallest absolute Gasteiger partial charge is 0.306 e. The second-order valence-corrected chi connectivity index (χ2v) is 12.2. The fraction of sp³-hybridized carbons (Fsp3) is 0.960. The summed E-state index contributed by atoms with van der Waals surface area (Å²) in [5, 5.41) is 30.9. The maximum atomic E-state index is 11.4. The number of hydrogen-bond donors (Lipinski definition) is 3. The number of carboxylic acid groups (broad SMARTS) is 1. The van der Waals surface area contributed by atoms with Gasteiger partial charge in [0.25, 0.3) is 0 Å². The predicted octanol–water partition coefficient (Wildman–Crippen LogP) is 4.33. The van der Waals surface area contributed by atoms with E-state index in [4.69, 9.17) is 0 Å². The first-order chi connectivity index (χ1) is 13.7. The lowest BCUT2D eigenvalue weighted by atomic mass is 9.43. The Bertz CT molecular complexity index is 678. The van der Waals surface area contributed by atoms with Crippen LogP contribution in [0.5, 0.6) is 0 Å². The Hall–Kier alpha value is -0.610. The van der Waals surface area contributed by atoms with Crippen LogP contribution in [0.3, 0.4) is 0 Å². The van der Waals surface area contributed by atoms with Crippen molar-refractivity contribution in [2.24, 2.45) is 58.2 Å². The molecule has 5 fully saturated rings. The Labute approximate surface area is 175 Å². The van der Waals surface area contributed by atoms with E-state index in [1.807, 2.05) is 0 Å². The molecule has 29 heavy (non-hydrogen) atoms. The Morgan fingerprint density at radius 1 is 0.931 bits per heavy atom. The number of hydrogen-bond acceptors (Lipinski definition) is 3. The summed E-state index contributed by atoms with van der Waals surface area (Å²) in [6.07, 6.45) is 9.08. The number of carboxylic acids is 1. The molecule has 0 aliphatic heterocycles. The van der Waals surface area contributed by atoms with Crippen molar-refractivity contribution in [1.29, 1.82) is 0 Å². The first-order valence-corrected chi connectivity index (χ1v) is 12.3. The second kappa shape index (κ2) is 6.69. The lowest BCUT2D eigenvalue weighted by molar-refractivity contribution is -0.174. The molecule has 12 atom stereocenters. The molecule has 0 aromatic rings. The Balaban J connectivity index is 1.39. The van der Waals surface area contributed by atoms with Gasteiger partial charge in [-0.3, -0.25) is 4.79 Å². The molecule has 0 spiro atoms. The third-order valence-corrected chi connectivity index (χ3v) is 11.2.